The second kappa shape index (κ2) is 23.6. The first-order valence-corrected chi connectivity index (χ1v) is 19.9. The number of amides is 6. The minimum absolute atomic E-state index is 0.00641. The van der Waals surface area contributed by atoms with Gasteiger partial charge in [0.15, 0.2) is 0 Å². The van der Waals surface area contributed by atoms with Gasteiger partial charge in [0.05, 0.1) is 18.7 Å². The molecule has 1 heterocycles. The highest BCUT2D eigenvalue weighted by molar-refractivity contribution is 5.97. The quantitative estimate of drug-likeness (QED) is 0.0527. The number of nitrogens with one attached hydrogen (secondary N) is 5. The molecule has 1 fully saturated rings. The largest absolute Gasteiger partial charge is 0.508 e. The van der Waals surface area contributed by atoms with Crippen molar-refractivity contribution >= 4 is 47.4 Å². The number of primary amides is 1. The number of likely N-dealkylation sites (tertiary alicyclic amines) is 1. The zero-order chi connectivity index (χ0) is 45.4. The van der Waals surface area contributed by atoms with Gasteiger partial charge in [-0.2, -0.15) is 0 Å². The fourth-order valence-corrected chi connectivity index (χ4v) is 6.51. The molecule has 12 N–H and O–H groups in total. The molecule has 8 atom stereocenters. The van der Waals surface area contributed by atoms with Crippen molar-refractivity contribution in [3.63, 3.8) is 0 Å². The van der Waals surface area contributed by atoms with Crippen LogP contribution in [0, 0.1) is 5.92 Å². The van der Waals surface area contributed by atoms with Gasteiger partial charge in [-0.1, -0.05) is 56.3 Å². The Labute approximate surface area is 353 Å². The molecule has 1 unspecified atom stereocenters. The molecule has 0 saturated carbocycles. The highest BCUT2D eigenvalue weighted by Gasteiger charge is 2.40. The number of aliphatic hydroxyl groups is 1. The Morgan fingerprint density at radius 3 is 2.05 bits per heavy atom. The number of benzene rings is 2. The number of hydrogen-bond donors (Lipinski definition) is 10. The number of nitrogens with two attached hydrogens (primary N) is 2. The summed E-state index contributed by atoms with van der Waals surface area (Å²) in [4.78, 5) is 104. The summed E-state index contributed by atoms with van der Waals surface area (Å²) in [5, 5.41) is 42.9. The lowest BCUT2D eigenvalue weighted by atomic mass is 10.0. The average Bonchev–Trinajstić information content (AvgIpc) is 3.46. The minimum Gasteiger partial charge on any atom is -0.508 e. The van der Waals surface area contributed by atoms with Crippen molar-refractivity contribution in [3.05, 3.63) is 65.7 Å². The number of aliphatic hydroxyl groups excluding tert-OH is 1. The van der Waals surface area contributed by atoms with Crippen molar-refractivity contribution in [2.24, 2.45) is 17.4 Å². The van der Waals surface area contributed by atoms with E-state index in [0.29, 0.717) is 5.56 Å². The molecule has 1 aliphatic heterocycles. The van der Waals surface area contributed by atoms with Crippen molar-refractivity contribution in [2.45, 2.75) is 115 Å². The molecule has 0 spiro atoms. The number of aromatic hydroxyl groups is 1. The Bertz CT molecular complexity index is 1850. The molecule has 2 aromatic rings. The predicted molar refractivity (Wildman–Crippen MR) is 219 cm³/mol. The van der Waals surface area contributed by atoms with E-state index in [-0.39, 0.29) is 51.1 Å². The fraction of sp³-hybridized carbons (Fsp3) is 0.512. The lowest BCUT2D eigenvalue weighted by Crippen LogP contribution is -2.61. The van der Waals surface area contributed by atoms with Crippen molar-refractivity contribution in [2.75, 3.05) is 13.1 Å². The van der Waals surface area contributed by atoms with Crippen LogP contribution < -0.4 is 38.1 Å². The number of carboxylic acids is 1. The number of ether oxygens (including phenoxy) is 1. The number of phenolic OH excluding ortho intramolecular Hbond substituents is 1. The van der Waals surface area contributed by atoms with Crippen LogP contribution in [-0.4, -0.2) is 129 Å². The van der Waals surface area contributed by atoms with Crippen LogP contribution in [0.4, 0.5) is 0 Å². The van der Waals surface area contributed by atoms with E-state index in [1.807, 2.05) is 6.07 Å². The van der Waals surface area contributed by atoms with Crippen LogP contribution in [-0.2, 0) is 56.1 Å². The summed E-state index contributed by atoms with van der Waals surface area (Å²) < 4.78 is 5.31. The smallest absolute Gasteiger partial charge is 0.323 e. The highest BCUT2D eigenvalue weighted by atomic mass is 16.5. The maximum Gasteiger partial charge on any atom is 0.323 e. The van der Waals surface area contributed by atoms with E-state index in [1.165, 1.54) is 24.0 Å². The summed E-state index contributed by atoms with van der Waals surface area (Å²) in [6.45, 7) is 5.78. The number of rotatable bonds is 24. The van der Waals surface area contributed by atoms with Crippen molar-refractivity contribution in [1.29, 1.82) is 0 Å². The van der Waals surface area contributed by atoms with Crippen molar-refractivity contribution < 1.29 is 58.4 Å². The zero-order valence-corrected chi connectivity index (χ0v) is 34.7. The summed E-state index contributed by atoms with van der Waals surface area (Å²) >= 11 is 0. The van der Waals surface area contributed by atoms with E-state index in [4.69, 9.17) is 16.2 Å². The van der Waals surface area contributed by atoms with Crippen molar-refractivity contribution in [3.8, 4) is 5.75 Å². The van der Waals surface area contributed by atoms with E-state index in [9.17, 15) is 53.7 Å². The third-order valence-corrected chi connectivity index (χ3v) is 9.99. The molecule has 334 valence electrons. The Hall–Kier alpha value is -6.12. The Balaban J connectivity index is 1.71. The summed E-state index contributed by atoms with van der Waals surface area (Å²) in [6, 6.07) is 7.00. The van der Waals surface area contributed by atoms with Crippen LogP contribution >= 0.6 is 0 Å². The molecule has 2 aromatic carbocycles. The molecular formula is C41H58N8O12. The average molecular weight is 855 g/mol. The molecule has 0 aromatic heterocycles. The summed E-state index contributed by atoms with van der Waals surface area (Å²) in [7, 11) is 0. The van der Waals surface area contributed by atoms with Gasteiger partial charge in [-0.15, -0.1) is 0 Å². The van der Waals surface area contributed by atoms with Gasteiger partial charge in [0.1, 0.15) is 42.6 Å². The van der Waals surface area contributed by atoms with Crippen LogP contribution in [0.25, 0.3) is 0 Å². The van der Waals surface area contributed by atoms with Crippen LogP contribution in [0.15, 0.2) is 54.6 Å². The maximum absolute atomic E-state index is 13.8. The van der Waals surface area contributed by atoms with Gasteiger partial charge in [-0.05, 0) is 75.3 Å². The molecule has 6 amide bonds. The standard InChI is InChI=1S/C41H58N8O12/c1-22(2)34(38(57)45-29(14-15-33(53)54)36(55)46-31-18-23(3)49(40(31)59)20-32(43)52)47-39(58)35(24(4)50)48-37(56)30(19-25-10-12-27(51)13-11-25)44-17-16-28(42)41(60)61-21-26-8-6-5-7-9-26/h5-13,22-24,28-31,34-35,44,50-51H,14-21,42H2,1-4H3,(H2,43,52)(H,45,57)(H,46,55)(H,47,58)(H,48,56)(H,53,54)/t23?,24-,28-,29-,30-,31-,34-,35-/m1/s1. The van der Waals surface area contributed by atoms with E-state index in [0.717, 1.165) is 5.56 Å². The van der Waals surface area contributed by atoms with Gasteiger partial charge in [-0.3, -0.25) is 38.4 Å². The number of carboxylic acid groups (broad SMARTS) is 1. The SMILES string of the molecule is CC(C)[C@@H](NC(=O)[C@H](NC(=O)[C@@H](Cc1ccc(O)cc1)NCC[C@@H](N)C(=O)OCc1ccccc1)[C@@H](C)O)C(=O)N[C@H](CCC(=O)O)C(=O)N[C@@H]1CC(C)N(CC(N)=O)C1=O. The fourth-order valence-electron chi connectivity index (χ4n) is 6.51. The second-order valence-corrected chi connectivity index (χ2v) is 15.4. The maximum atomic E-state index is 13.8. The molecule has 0 radical (unpaired) electrons. The molecule has 1 aliphatic rings. The first-order chi connectivity index (χ1) is 28.8. The number of nitrogens with zero attached hydrogens (tertiary/aromatic N) is 1. The van der Waals surface area contributed by atoms with Gasteiger partial charge in [0.25, 0.3) is 0 Å². The third-order valence-electron chi connectivity index (χ3n) is 9.99. The normalized spacial score (nSPS) is 17.9. The lowest BCUT2D eigenvalue weighted by Gasteiger charge is -2.29. The number of phenols is 1. The molecule has 20 nitrogen and oxygen atoms in total. The third kappa shape index (κ3) is 15.8. The Morgan fingerprint density at radius 1 is 0.836 bits per heavy atom. The first kappa shape index (κ1) is 49.2. The minimum atomic E-state index is -1.61. The molecule has 0 bridgehead atoms. The van der Waals surface area contributed by atoms with Crippen LogP contribution in [0.5, 0.6) is 5.75 Å². The zero-order valence-electron chi connectivity index (χ0n) is 34.7. The summed E-state index contributed by atoms with van der Waals surface area (Å²) in [5.74, 6) is -7.36. The van der Waals surface area contributed by atoms with Crippen LogP contribution in [0.2, 0.25) is 0 Å². The summed E-state index contributed by atoms with van der Waals surface area (Å²) in [6.07, 6.45) is -2.19. The number of esters is 1. The molecule has 3 rings (SSSR count). The van der Waals surface area contributed by atoms with Gasteiger partial charge in [0.2, 0.25) is 35.4 Å². The van der Waals surface area contributed by atoms with Crippen LogP contribution in [0.3, 0.4) is 0 Å². The number of aliphatic carboxylic acids is 1. The van der Waals surface area contributed by atoms with Gasteiger partial charge >= 0.3 is 11.9 Å². The number of carbonyl (C=O) groups excluding carboxylic acids is 7. The molecule has 0 aliphatic carbocycles. The lowest BCUT2D eigenvalue weighted by molar-refractivity contribution is -0.146. The van der Waals surface area contributed by atoms with Crippen LogP contribution in [0.1, 0.15) is 64.5 Å². The van der Waals surface area contributed by atoms with E-state index < -0.39 is 108 Å². The highest BCUT2D eigenvalue weighted by Crippen LogP contribution is 2.19. The Kier molecular flexibility index (Phi) is 19.1. The molecule has 1 saturated heterocycles. The first-order valence-electron chi connectivity index (χ1n) is 19.9. The molecule has 61 heavy (non-hydrogen) atoms. The molecular weight excluding hydrogens is 796 g/mol. The topological polar surface area (TPSA) is 322 Å². The van der Waals surface area contributed by atoms with Gasteiger partial charge in [0, 0.05) is 12.5 Å². The predicted octanol–water partition coefficient (Wildman–Crippen LogP) is -1.70. The van der Waals surface area contributed by atoms with Crippen molar-refractivity contribution in [1.82, 2.24) is 31.5 Å². The van der Waals surface area contributed by atoms with Gasteiger partial charge < -0.3 is 63.0 Å². The van der Waals surface area contributed by atoms with E-state index in [1.54, 1.807) is 57.2 Å². The summed E-state index contributed by atoms with van der Waals surface area (Å²) in [5.41, 5.74) is 12.7. The number of hydrogen-bond acceptors (Lipinski definition) is 13. The van der Waals surface area contributed by atoms with Gasteiger partial charge in [-0.25, -0.2) is 0 Å². The van der Waals surface area contributed by atoms with E-state index >= 15 is 0 Å². The monoisotopic (exact) mass is 854 g/mol. The second-order valence-electron chi connectivity index (χ2n) is 15.4. The number of carbonyl (C=O) groups is 8. The van der Waals surface area contributed by atoms with E-state index in [2.05, 4.69) is 26.6 Å². The molecule has 20 heteroatoms. The Morgan fingerprint density at radius 2 is 1.46 bits per heavy atom.